The van der Waals surface area contributed by atoms with Crippen LogP contribution in [-0.2, 0) is 0 Å². The van der Waals surface area contributed by atoms with E-state index in [-0.39, 0.29) is 0 Å². The fraction of sp³-hybridized carbons (Fsp3) is 0.222. The molecule has 0 heterocycles. The minimum absolute atomic E-state index is 0.845. The van der Waals surface area contributed by atoms with Crippen LogP contribution in [0, 0.1) is 20.8 Å². The molecule has 30 heavy (non-hydrogen) atoms. The van der Waals surface area contributed by atoms with Crippen LogP contribution in [0.4, 0.5) is 5.69 Å². The van der Waals surface area contributed by atoms with Gasteiger partial charge in [-0.1, -0.05) is 23.8 Å². The number of methoxy groups -OCH3 is 2. The normalized spacial score (nSPS) is 12.1. The summed E-state index contributed by atoms with van der Waals surface area (Å²) >= 11 is 0. The number of allylic oxidation sites excluding steroid dienone is 2. The van der Waals surface area contributed by atoms with Gasteiger partial charge in [-0.2, -0.15) is 0 Å². The third kappa shape index (κ3) is 4.98. The molecule has 0 aliphatic heterocycles. The molecular weight excluding hydrogens is 370 g/mol. The Labute approximate surface area is 179 Å². The van der Waals surface area contributed by atoms with Gasteiger partial charge in [0, 0.05) is 5.56 Å². The molecule has 3 heteroatoms. The molecule has 0 N–H and O–H groups in total. The van der Waals surface area contributed by atoms with E-state index in [1.165, 1.54) is 16.7 Å². The summed E-state index contributed by atoms with van der Waals surface area (Å²) in [7, 11) is 3.38. The second kappa shape index (κ2) is 9.45. The van der Waals surface area contributed by atoms with Crippen LogP contribution >= 0.6 is 0 Å². The maximum Gasteiger partial charge on any atom is 0.119 e. The lowest BCUT2D eigenvalue weighted by molar-refractivity contribution is 0.414. The Balaban J connectivity index is 2.11. The number of aliphatic imine (C=N–C) groups is 1. The Morgan fingerprint density at radius 3 is 1.77 bits per heavy atom. The molecule has 3 nitrogen and oxygen atoms in total. The highest BCUT2D eigenvalue weighted by Gasteiger charge is 2.10. The predicted molar refractivity (Wildman–Crippen MR) is 126 cm³/mol. The molecule has 0 aliphatic rings. The molecule has 0 atom stereocenters. The van der Waals surface area contributed by atoms with Gasteiger partial charge in [0.1, 0.15) is 11.5 Å². The fourth-order valence-electron chi connectivity index (χ4n) is 3.47. The van der Waals surface area contributed by atoms with Gasteiger partial charge < -0.3 is 9.47 Å². The Hall–Kier alpha value is -3.33. The number of rotatable bonds is 6. The minimum Gasteiger partial charge on any atom is -0.497 e. The standard InChI is InChI=1S/C27H29NO2/c1-18-7-9-22(10-8-18)28-27(26-14-12-24(30-6)16-20(26)3)17-21(4)25-13-11-23(29-5)15-19(25)2/h7-17H,1-6H3/b21-17+,28-27?. The van der Waals surface area contributed by atoms with Crippen LogP contribution in [0.25, 0.3) is 5.57 Å². The van der Waals surface area contributed by atoms with Crippen LogP contribution in [0.15, 0.2) is 71.7 Å². The van der Waals surface area contributed by atoms with Crippen LogP contribution in [0.5, 0.6) is 11.5 Å². The number of benzene rings is 3. The zero-order chi connectivity index (χ0) is 21.7. The minimum atomic E-state index is 0.845. The molecule has 3 aromatic carbocycles. The van der Waals surface area contributed by atoms with Gasteiger partial charge >= 0.3 is 0 Å². The van der Waals surface area contributed by atoms with E-state index >= 15 is 0 Å². The fourth-order valence-corrected chi connectivity index (χ4v) is 3.47. The van der Waals surface area contributed by atoms with Crippen LogP contribution < -0.4 is 9.47 Å². The highest BCUT2D eigenvalue weighted by atomic mass is 16.5. The van der Waals surface area contributed by atoms with Crippen molar-refractivity contribution in [2.45, 2.75) is 27.7 Å². The van der Waals surface area contributed by atoms with E-state index in [4.69, 9.17) is 14.5 Å². The molecule has 0 radical (unpaired) electrons. The summed E-state index contributed by atoms with van der Waals surface area (Å²) in [5.74, 6) is 1.71. The van der Waals surface area contributed by atoms with Crippen LogP contribution in [0.2, 0.25) is 0 Å². The van der Waals surface area contributed by atoms with Crippen LogP contribution in [0.1, 0.15) is 34.7 Å². The monoisotopic (exact) mass is 399 g/mol. The molecule has 0 fully saturated rings. The maximum atomic E-state index is 5.38. The summed E-state index contributed by atoms with van der Waals surface area (Å²) in [5, 5.41) is 0. The largest absolute Gasteiger partial charge is 0.497 e. The average Bonchev–Trinajstić information content (AvgIpc) is 2.74. The van der Waals surface area contributed by atoms with Gasteiger partial charge in [0.15, 0.2) is 0 Å². The zero-order valence-electron chi connectivity index (χ0n) is 18.6. The Morgan fingerprint density at radius 1 is 0.733 bits per heavy atom. The van der Waals surface area contributed by atoms with Gasteiger partial charge in [0.2, 0.25) is 0 Å². The third-order valence-corrected chi connectivity index (χ3v) is 5.20. The van der Waals surface area contributed by atoms with Crippen molar-refractivity contribution in [3.8, 4) is 11.5 Å². The highest BCUT2D eigenvalue weighted by molar-refractivity contribution is 6.14. The van der Waals surface area contributed by atoms with Gasteiger partial charge in [0.25, 0.3) is 0 Å². The van der Waals surface area contributed by atoms with E-state index in [0.29, 0.717) is 0 Å². The van der Waals surface area contributed by atoms with Gasteiger partial charge in [-0.3, -0.25) is 0 Å². The van der Waals surface area contributed by atoms with E-state index < -0.39 is 0 Å². The van der Waals surface area contributed by atoms with Crippen molar-refractivity contribution in [3.05, 3.63) is 94.6 Å². The molecule has 3 aromatic rings. The quantitative estimate of drug-likeness (QED) is 0.424. The highest BCUT2D eigenvalue weighted by Crippen LogP contribution is 2.26. The summed E-state index contributed by atoms with van der Waals surface area (Å²) in [6, 6.07) is 20.5. The molecule has 0 saturated carbocycles. The Kier molecular flexibility index (Phi) is 6.73. The first-order valence-electron chi connectivity index (χ1n) is 10.0. The molecule has 0 saturated heterocycles. The van der Waals surface area contributed by atoms with E-state index in [9.17, 15) is 0 Å². The summed E-state index contributed by atoms with van der Waals surface area (Å²) in [5.41, 5.74) is 8.78. The predicted octanol–water partition coefficient (Wildman–Crippen LogP) is 6.85. The van der Waals surface area contributed by atoms with E-state index in [0.717, 1.165) is 39.6 Å². The first-order valence-corrected chi connectivity index (χ1v) is 10.0. The molecule has 0 amide bonds. The summed E-state index contributed by atoms with van der Waals surface area (Å²) in [6.07, 6.45) is 2.16. The maximum absolute atomic E-state index is 5.38. The van der Waals surface area contributed by atoms with Crippen molar-refractivity contribution >= 4 is 17.0 Å². The van der Waals surface area contributed by atoms with Crippen molar-refractivity contribution in [2.75, 3.05) is 14.2 Å². The zero-order valence-corrected chi connectivity index (χ0v) is 18.6. The van der Waals surface area contributed by atoms with Crippen LogP contribution in [0.3, 0.4) is 0 Å². The molecule has 0 bridgehead atoms. The van der Waals surface area contributed by atoms with Crippen molar-refractivity contribution in [2.24, 2.45) is 4.99 Å². The second-order valence-corrected chi connectivity index (χ2v) is 7.52. The van der Waals surface area contributed by atoms with E-state index in [2.05, 4.69) is 76.2 Å². The van der Waals surface area contributed by atoms with Gasteiger partial charge in [0.05, 0.1) is 25.6 Å². The number of aryl methyl sites for hydroxylation is 3. The number of ether oxygens (including phenoxy) is 2. The molecule has 0 spiro atoms. The third-order valence-electron chi connectivity index (χ3n) is 5.20. The molecule has 3 rings (SSSR count). The lowest BCUT2D eigenvalue weighted by atomic mass is 9.97. The van der Waals surface area contributed by atoms with Gasteiger partial charge in [-0.25, -0.2) is 4.99 Å². The van der Waals surface area contributed by atoms with Crippen LogP contribution in [-0.4, -0.2) is 19.9 Å². The smallest absolute Gasteiger partial charge is 0.119 e. The van der Waals surface area contributed by atoms with Crippen molar-refractivity contribution < 1.29 is 9.47 Å². The van der Waals surface area contributed by atoms with E-state index in [1.54, 1.807) is 14.2 Å². The first-order chi connectivity index (χ1) is 14.4. The van der Waals surface area contributed by atoms with Gasteiger partial charge in [-0.05, 0) is 98.5 Å². The molecule has 154 valence electrons. The average molecular weight is 400 g/mol. The number of hydrogen-bond donors (Lipinski definition) is 0. The first kappa shape index (κ1) is 21.4. The molecule has 0 aliphatic carbocycles. The summed E-state index contributed by atoms with van der Waals surface area (Å²) in [4.78, 5) is 4.99. The van der Waals surface area contributed by atoms with Gasteiger partial charge in [-0.15, -0.1) is 0 Å². The van der Waals surface area contributed by atoms with Crippen molar-refractivity contribution in [3.63, 3.8) is 0 Å². The van der Waals surface area contributed by atoms with Crippen molar-refractivity contribution in [1.82, 2.24) is 0 Å². The SMILES string of the molecule is COc1ccc(C(/C=C(\C)c2ccc(OC)cc2C)=Nc2ccc(C)cc2)c(C)c1. The summed E-state index contributed by atoms with van der Waals surface area (Å²) < 4.78 is 10.7. The molecular formula is C27H29NO2. The lowest BCUT2D eigenvalue weighted by Gasteiger charge is -2.12. The summed E-state index contributed by atoms with van der Waals surface area (Å²) in [6.45, 7) is 8.39. The Morgan fingerprint density at radius 2 is 1.27 bits per heavy atom. The Bertz CT molecular complexity index is 1090. The second-order valence-electron chi connectivity index (χ2n) is 7.52. The molecule has 0 unspecified atom stereocenters. The topological polar surface area (TPSA) is 30.8 Å². The number of hydrogen-bond acceptors (Lipinski definition) is 3. The van der Waals surface area contributed by atoms with E-state index in [1.807, 2.05) is 18.2 Å². The molecule has 0 aromatic heterocycles. The van der Waals surface area contributed by atoms with Crippen molar-refractivity contribution in [1.29, 1.82) is 0 Å². The number of nitrogens with zero attached hydrogens (tertiary/aromatic N) is 1. The lowest BCUT2D eigenvalue weighted by Crippen LogP contribution is -2.02.